The Hall–Kier alpha value is -1.12. The van der Waals surface area contributed by atoms with E-state index in [-0.39, 0.29) is 11.4 Å². The molecule has 1 saturated heterocycles. The highest BCUT2D eigenvalue weighted by atomic mass is 79.9. The number of hydrogen-bond acceptors (Lipinski definition) is 4. The van der Waals surface area contributed by atoms with Gasteiger partial charge in [-0.2, -0.15) is 4.31 Å². The van der Waals surface area contributed by atoms with Crippen molar-refractivity contribution in [1.82, 2.24) is 4.31 Å². The number of sulfonamides is 1. The summed E-state index contributed by atoms with van der Waals surface area (Å²) in [5.41, 5.74) is 0. The average Bonchev–Trinajstić information content (AvgIpc) is 2.89. The fourth-order valence-corrected chi connectivity index (χ4v) is 4.29. The normalized spacial score (nSPS) is 20.0. The lowest BCUT2D eigenvalue weighted by molar-refractivity contribution is -0.140. The summed E-state index contributed by atoms with van der Waals surface area (Å²) in [4.78, 5) is 11.2. The Morgan fingerprint density at radius 3 is 2.80 bits per heavy atom. The monoisotopic (exact) mass is 363 g/mol. The van der Waals surface area contributed by atoms with E-state index < -0.39 is 22.0 Å². The second-order valence-corrected chi connectivity index (χ2v) is 7.15. The third-order valence-electron chi connectivity index (χ3n) is 3.22. The molecule has 8 heteroatoms. The van der Waals surface area contributed by atoms with Gasteiger partial charge in [0.05, 0.1) is 16.5 Å². The van der Waals surface area contributed by atoms with Crippen LogP contribution in [-0.4, -0.2) is 43.5 Å². The lowest BCUT2D eigenvalue weighted by Gasteiger charge is -2.21. The number of halogens is 1. The first kappa shape index (κ1) is 15.3. The number of aliphatic carboxylic acids is 1. The van der Waals surface area contributed by atoms with Gasteiger partial charge in [-0.25, -0.2) is 8.42 Å². The van der Waals surface area contributed by atoms with Crippen LogP contribution in [0.5, 0.6) is 5.75 Å². The third-order valence-corrected chi connectivity index (χ3v) is 5.78. The largest absolute Gasteiger partial charge is 0.496 e. The molecule has 0 aromatic heterocycles. The van der Waals surface area contributed by atoms with E-state index in [0.717, 1.165) is 4.31 Å². The minimum atomic E-state index is -3.83. The van der Waals surface area contributed by atoms with Crippen molar-refractivity contribution in [3.05, 3.63) is 22.7 Å². The number of rotatable bonds is 4. The van der Waals surface area contributed by atoms with Gasteiger partial charge in [0.25, 0.3) is 0 Å². The number of benzene rings is 1. The van der Waals surface area contributed by atoms with Gasteiger partial charge >= 0.3 is 5.97 Å². The van der Waals surface area contributed by atoms with Gasteiger partial charge in [0, 0.05) is 12.6 Å². The lowest BCUT2D eigenvalue weighted by atomic mass is 10.2. The predicted octanol–water partition coefficient (Wildman–Crippen LogP) is 1.70. The van der Waals surface area contributed by atoms with Crippen LogP contribution in [0, 0.1) is 0 Å². The number of hydrogen-bond donors (Lipinski definition) is 1. The van der Waals surface area contributed by atoms with E-state index in [1.807, 2.05) is 0 Å². The minimum absolute atomic E-state index is 0.0331. The Morgan fingerprint density at radius 1 is 1.50 bits per heavy atom. The molecule has 0 bridgehead atoms. The Morgan fingerprint density at radius 2 is 2.20 bits per heavy atom. The second kappa shape index (κ2) is 5.71. The zero-order valence-corrected chi connectivity index (χ0v) is 13.1. The van der Waals surface area contributed by atoms with Crippen LogP contribution in [0.15, 0.2) is 27.6 Å². The first-order valence-corrected chi connectivity index (χ1v) is 8.19. The van der Waals surface area contributed by atoms with Crippen LogP contribution in [0.2, 0.25) is 0 Å². The molecule has 1 fully saturated rings. The van der Waals surface area contributed by atoms with Crippen LogP contribution in [0.25, 0.3) is 0 Å². The maximum atomic E-state index is 12.5. The minimum Gasteiger partial charge on any atom is -0.496 e. The van der Waals surface area contributed by atoms with Crippen molar-refractivity contribution >= 4 is 31.9 Å². The third kappa shape index (κ3) is 2.68. The molecule has 0 radical (unpaired) electrons. The summed E-state index contributed by atoms with van der Waals surface area (Å²) >= 11 is 3.25. The average molecular weight is 364 g/mol. The molecule has 0 saturated carbocycles. The molecule has 0 aliphatic carbocycles. The van der Waals surface area contributed by atoms with Crippen molar-refractivity contribution in [2.75, 3.05) is 13.7 Å². The molecule has 1 aromatic rings. The van der Waals surface area contributed by atoms with E-state index >= 15 is 0 Å². The van der Waals surface area contributed by atoms with Gasteiger partial charge in [0.15, 0.2) is 0 Å². The van der Waals surface area contributed by atoms with E-state index in [9.17, 15) is 13.2 Å². The molecular weight excluding hydrogens is 350 g/mol. The van der Waals surface area contributed by atoms with E-state index in [4.69, 9.17) is 9.84 Å². The van der Waals surface area contributed by atoms with Crippen molar-refractivity contribution in [2.24, 2.45) is 0 Å². The van der Waals surface area contributed by atoms with Crippen molar-refractivity contribution in [3.63, 3.8) is 0 Å². The lowest BCUT2D eigenvalue weighted by Crippen LogP contribution is -2.40. The van der Waals surface area contributed by atoms with Crippen LogP contribution in [0.1, 0.15) is 12.8 Å². The smallest absolute Gasteiger partial charge is 0.322 e. The molecule has 0 unspecified atom stereocenters. The van der Waals surface area contributed by atoms with Crippen molar-refractivity contribution in [1.29, 1.82) is 0 Å². The standard InChI is InChI=1S/C12H14BrNO5S/c1-19-11-7-8(4-5-9(11)13)20(17,18)14-6-2-3-10(14)12(15)16/h4-5,7,10H,2-3,6H2,1H3,(H,15,16)/t10-/m0/s1. The van der Waals surface area contributed by atoms with Crippen LogP contribution in [0.4, 0.5) is 0 Å². The highest BCUT2D eigenvalue weighted by Crippen LogP contribution is 2.31. The highest BCUT2D eigenvalue weighted by molar-refractivity contribution is 9.10. The maximum Gasteiger partial charge on any atom is 0.322 e. The quantitative estimate of drug-likeness (QED) is 0.879. The van der Waals surface area contributed by atoms with E-state index in [0.29, 0.717) is 23.1 Å². The Kier molecular flexibility index (Phi) is 4.36. The van der Waals surface area contributed by atoms with E-state index in [1.165, 1.54) is 19.2 Å². The number of carbonyl (C=O) groups is 1. The summed E-state index contributed by atoms with van der Waals surface area (Å²) in [7, 11) is -2.39. The van der Waals surface area contributed by atoms with Gasteiger partial charge in [0.2, 0.25) is 10.0 Å². The Bertz CT molecular complexity index is 631. The fraction of sp³-hybridized carbons (Fsp3) is 0.417. The van der Waals surface area contributed by atoms with Crippen molar-refractivity contribution in [2.45, 2.75) is 23.8 Å². The molecule has 0 amide bonds. The molecule has 1 atom stereocenters. The number of methoxy groups -OCH3 is 1. The van der Waals surface area contributed by atoms with Crippen LogP contribution in [-0.2, 0) is 14.8 Å². The molecule has 1 aromatic carbocycles. The van der Waals surface area contributed by atoms with Crippen molar-refractivity contribution in [3.8, 4) is 5.75 Å². The highest BCUT2D eigenvalue weighted by Gasteiger charge is 2.39. The Balaban J connectivity index is 2.42. The summed E-state index contributed by atoms with van der Waals surface area (Å²) in [5.74, 6) is -0.729. The molecule has 1 aliphatic rings. The molecule has 1 heterocycles. The summed E-state index contributed by atoms with van der Waals surface area (Å²) in [6, 6.07) is 3.39. The summed E-state index contributed by atoms with van der Waals surface area (Å²) in [5, 5.41) is 9.10. The van der Waals surface area contributed by atoms with Gasteiger partial charge in [-0.05, 0) is 40.9 Å². The fourth-order valence-electron chi connectivity index (χ4n) is 2.21. The number of ether oxygens (including phenoxy) is 1. The SMILES string of the molecule is COc1cc(S(=O)(=O)N2CCC[C@H]2C(=O)O)ccc1Br. The predicted molar refractivity (Wildman–Crippen MR) is 75.2 cm³/mol. The summed E-state index contributed by atoms with van der Waals surface area (Å²) < 4.78 is 31.8. The van der Waals surface area contributed by atoms with Crippen molar-refractivity contribution < 1.29 is 23.1 Å². The zero-order valence-electron chi connectivity index (χ0n) is 10.7. The molecule has 1 aliphatic heterocycles. The van der Waals surface area contributed by atoms with E-state index in [1.54, 1.807) is 6.07 Å². The molecule has 110 valence electrons. The number of carboxylic acid groups (broad SMARTS) is 1. The van der Waals surface area contributed by atoms with Crippen LogP contribution >= 0.6 is 15.9 Å². The topological polar surface area (TPSA) is 83.9 Å². The molecule has 20 heavy (non-hydrogen) atoms. The molecular formula is C12H14BrNO5S. The first-order valence-electron chi connectivity index (χ1n) is 5.96. The summed E-state index contributed by atoms with van der Waals surface area (Å²) in [6.07, 6.45) is 0.881. The van der Waals surface area contributed by atoms with Crippen LogP contribution < -0.4 is 4.74 Å². The molecule has 0 spiro atoms. The first-order chi connectivity index (χ1) is 9.37. The van der Waals surface area contributed by atoms with Gasteiger partial charge < -0.3 is 9.84 Å². The molecule has 1 N–H and O–H groups in total. The summed E-state index contributed by atoms with van der Waals surface area (Å²) in [6.45, 7) is 0.220. The van der Waals surface area contributed by atoms with Gasteiger partial charge in [0.1, 0.15) is 11.8 Å². The van der Waals surface area contributed by atoms with Gasteiger partial charge in [-0.15, -0.1) is 0 Å². The van der Waals surface area contributed by atoms with E-state index in [2.05, 4.69) is 15.9 Å². The van der Waals surface area contributed by atoms with Crippen LogP contribution in [0.3, 0.4) is 0 Å². The number of carboxylic acids is 1. The second-order valence-electron chi connectivity index (χ2n) is 4.41. The van der Waals surface area contributed by atoms with Gasteiger partial charge in [-0.3, -0.25) is 4.79 Å². The molecule has 6 nitrogen and oxygen atoms in total. The van der Waals surface area contributed by atoms with Gasteiger partial charge in [-0.1, -0.05) is 0 Å². The molecule has 2 rings (SSSR count). The Labute approximate surface area is 125 Å². The zero-order chi connectivity index (χ0) is 14.9. The maximum absolute atomic E-state index is 12.5. The number of nitrogens with zero attached hydrogens (tertiary/aromatic N) is 1.